The summed E-state index contributed by atoms with van der Waals surface area (Å²) in [5, 5.41) is 21.0. The van der Waals surface area contributed by atoms with Crippen molar-refractivity contribution in [3.63, 3.8) is 0 Å². The molecule has 1 aliphatic rings. The summed E-state index contributed by atoms with van der Waals surface area (Å²) in [6.45, 7) is 2.20. The third-order valence-electron chi connectivity index (χ3n) is 3.41. The number of aliphatic carboxylic acids is 2. The van der Waals surface area contributed by atoms with Gasteiger partial charge in [0.25, 0.3) is 5.91 Å². The lowest BCUT2D eigenvalue weighted by molar-refractivity contribution is -0.152. The molecule has 0 spiro atoms. The Hall–Kier alpha value is -2.41. The Morgan fingerprint density at radius 2 is 1.95 bits per heavy atom. The van der Waals surface area contributed by atoms with Gasteiger partial charge in [-0.1, -0.05) is 17.7 Å². The number of carboxylic acid groups (broad SMARTS) is 2. The minimum absolute atomic E-state index is 0.146. The lowest BCUT2D eigenvalue weighted by Crippen LogP contribution is -2.65. The molecule has 0 radical (unpaired) electrons. The third kappa shape index (κ3) is 3.03. The van der Waals surface area contributed by atoms with Crippen molar-refractivity contribution >= 4 is 17.8 Å². The lowest BCUT2D eigenvalue weighted by Gasteiger charge is -2.37. The van der Waals surface area contributed by atoms with Gasteiger partial charge in [0.15, 0.2) is 6.04 Å². The van der Waals surface area contributed by atoms with Gasteiger partial charge in [0.05, 0.1) is 0 Å². The van der Waals surface area contributed by atoms with Crippen LogP contribution in [-0.2, 0) is 9.59 Å². The minimum atomic E-state index is -1.43. The van der Waals surface area contributed by atoms with Crippen LogP contribution in [0.4, 0.5) is 0 Å². The summed E-state index contributed by atoms with van der Waals surface area (Å²) in [4.78, 5) is 36.1. The summed E-state index contributed by atoms with van der Waals surface area (Å²) >= 11 is 0. The molecule has 7 heteroatoms. The number of carboxylic acids is 2. The highest BCUT2D eigenvalue weighted by Crippen LogP contribution is 2.16. The van der Waals surface area contributed by atoms with Crippen molar-refractivity contribution in [3.8, 4) is 0 Å². The summed E-state index contributed by atoms with van der Waals surface area (Å²) < 4.78 is 0. The van der Waals surface area contributed by atoms with Crippen molar-refractivity contribution in [1.29, 1.82) is 0 Å². The fraction of sp³-hybridized carbons (Fsp3) is 0.357. The minimum Gasteiger partial charge on any atom is -0.480 e. The summed E-state index contributed by atoms with van der Waals surface area (Å²) in [6.07, 6.45) is 0. The van der Waals surface area contributed by atoms with Gasteiger partial charge in [-0.3, -0.25) is 9.59 Å². The van der Waals surface area contributed by atoms with E-state index in [4.69, 9.17) is 5.11 Å². The predicted molar refractivity (Wildman–Crippen MR) is 73.1 cm³/mol. The maximum atomic E-state index is 12.5. The zero-order chi connectivity index (χ0) is 15.6. The number of benzene rings is 1. The van der Waals surface area contributed by atoms with E-state index in [0.717, 1.165) is 10.5 Å². The quantitative estimate of drug-likeness (QED) is 0.721. The van der Waals surface area contributed by atoms with E-state index < -0.39 is 29.9 Å². The van der Waals surface area contributed by atoms with Crippen LogP contribution >= 0.6 is 0 Å². The first-order valence-corrected chi connectivity index (χ1v) is 6.48. The zero-order valence-corrected chi connectivity index (χ0v) is 11.4. The number of amides is 1. The van der Waals surface area contributed by atoms with E-state index in [1.807, 2.05) is 13.0 Å². The second kappa shape index (κ2) is 5.92. The average Bonchev–Trinajstić information content (AvgIpc) is 2.45. The fourth-order valence-electron chi connectivity index (χ4n) is 2.44. The Morgan fingerprint density at radius 1 is 1.24 bits per heavy atom. The first-order chi connectivity index (χ1) is 9.91. The second-order valence-electron chi connectivity index (χ2n) is 4.92. The molecule has 1 heterocycles. The van der Waals surface area contributed by atoms with Crippen LogP contribution in [0, 0.1) is 6.92 Å². The molecule has 1 saturated heterocycles. The van der Waals surface area contributed by atoms with Gasteiger partial charge in [0, 0.05) is 18.7 Å². The van der Waals surface area contributed by atoms with Gasteiger partial charge >= 0.3 is 11.9 Å². The molecule has 0 aliphatic carbocycles. The van der Waals surface area contributed by atoms with Crippen LogP contribution in [0.2, 0.25) is 0 Å². The largest absolute Gasteiger partial charge is 0.480 e. The molecule has 0 saturated carbocycles. The van der Waals surface area contributed by atoms with E-state index in [1.54, 1.807) is 18.2 Å². The van der Waals surface area contributed by atoms with Gasteiger partial charge in [0.1, 0.15) is 6.04 Å². The lowest BCUT2D eigenvalue weighted by atomic mass is 10.0. The van der Waals surface area contributed by atoms with Crippen LogP contribution in [0.3, 0.4) is 0 Å². The van der Waals surface area contributed by atoms with E-state index in [-0.39, 0.29) is 13.1 Å². The highest BCUT2D eigenvalue weighted by atomic mass is 16.4. The topological polar surface area (TPSA) is 107 Å². The van der Waals surface area contributed by atoms with Crippen molar-refractivity contribution in [2.75, 3.05) is 13.1 Å². The van der Waals surface area contributed by atoms with E-state index >= 15 is 0 Å². The number of piperazine rings is 1. The Kier molecular flexibility index (Phi) is 4.23. The Morgan fingerprint density at radius 3 is 2.52 bits per heavy atom. The molecule has 1 aromatic rings. The number of nitrogens with zero attached hydrogens (tertiary/aromatic N) is 1. The molecule has 2 atom stereocenters. The molecule has 7 nitrogen and oxygen atoms in total. The number of hydrogen-bond donors (Lipinski definition) is 3. The molecular formula is C14H16N2O5. The predicted octanol–water partition coefficient (Wildman–Crippen LogP) is -0.0532. The summed E-state index contributed by atoms with van der Waals surface area (Å²) in [5.41, 5.74) is 1.23. The Bertz CT molecular complexity index is 586. The fourth-order valence-corrected chi connectivity index (χ4v) is 2.44. The third-order valence-corrected chi connectivity index (χ3v) is 3.41. The molecule has 112 valence electrons. The summed E-state index contributed by atoms with van der Waals surface area (Å²) in [6, 6.07) is 4.03. The molecule has 1 aliphatic heterocycles. The van der Waals surface area contributed by atoms with E-state index in [2.05, 4.69) is 5.32 Å². The maximum absolute atomic E-state index is 12.5. The first kappa shape index (κ1) is 15.0. The van der Waals surface area contributed by atoms with Gasteiger partial charge in [-0.2, -0.15) is 0 Å². The van der Waals surface area contributed by atoms with Gasteiger partial charge in [-0.15, -0.1) is 0 Å². The molecule has 1 fully saturated rings. The summed E-state index contributed by atoms with van der Waals surface area (Å²) in [5.74, 6) is -3.10. The van der Waals surface area contributed by atoms with Gasteiger partial charge in [-0.25, -0.2) is 4.79 Å². The van der Waals surface area contributed by atoms with Crippen molar-refractivity contribution in [3.05, 3.63) is 35.4 Å². The Labute approximate surface area is 121 Å². The van der Waals surface area contributed by atoms with E-state index in [0.29, 0.717) is 5.56 Å². The van der Waals surface area contributed by atoms with E-state index in [9.17, 15) is 19.5 Å². The second-order valence-corrected chi connectivity index (χ2v) is 4.92. The monoisotopic (exact) mass is 292 g/mol. The molecule has 21 heavy (non-hydrogen) atoms. The van der Waals surface area contributed by atoms with Gasteiger partial charge in [0.2, 0.25) is 0 Å². The van der Waals surface area contributed by atoms with Crippen molar-refractivity contribution in [2.24, 2.45) is 0 Å². The molecule has 3 N–H and O–H groups in total. The van der Waals surface area contributed by atoms with Crippen LogP contribution in [0.5, 0.6) is 0 Å². The normalized spacial score (nSPS) is 21.9. The van der Waals surface area contributed by atoms with Gasteiger partial charge < -0.3 is 20.4 Å². The molecule has 1 aromatic carbocycles. The number of aryl methyl sites for hydroxylation is 1. The molecular weight excluding hydrogens is 276 g/mol. The maximum Gasteiger partial charge on any atom is 0.328 e. The average molecular weight is 292 g/mol. The van der Waals surface area contributed by atoms with Crippen LogP contribution < -0.4 is 5.32 Å². The number of rotatable bonds is 3. The molecule has 2 unspecified atom stereocenters. The molecule has 2 rings (SSSR count). The number of nitrogens with one attached hydrogen (secondary N) is 1. The smallest absolute Gasteiger partial charge is 0.328 e. The SMILES string of the molecule is Cc1cccc(C(=O)N2CCNC(C(=O)O)C2C(=O)O)c1. The van der Waals surface area contributed by atoms with E-state index in [1.165, 1.54) is 0 Å². The molecule has 1 amide bonds. The van der Waals surface area contributed by atoms with Crippen LogP contribution in [0.15, 0.2) is 24.3 Å². The highest BCUT2D eigenvalue weighted by molar-refractivity contribution is 5.98. The van der Waals surface area contributed by atoms with Crippen molar-refractivity contribution < 1.29 is 24.6 Å². The van der Waals surface area contributed by atoms with Crippen LogP contribution in [0.1, 0.15) is 15.9 Å². The highest BCUT2D eigenvalue weighted by Gasteiger charge is 2.43. The van der Waals surface area contributed by atoms with Crippen LogP contribution in [-0.4, -0.2) is 58.1 Å². The number of carbonyl (C=O) groups excluding carboxylic acids is 1. The van der Waals surface area contributed by atoms with Crippen molar-refractivity contribution in [1.82, 2.24) is 10.2 Å². The molecule has 0 aromatic heterocycles. The van der Waals surface area contributed by atoms with Crippen molar-refractivity contribution in [2.45, 2.75) is 19.0 Å². The molecule has 0 bridgehead atoms. The summed E-state index contributed by atoms with van der Waals surface area (Å²) in [7, 11) is 0. The zero-order valence-electron chi connectivity index (χ0n) is 11.4. The Balaban J connectivity index is 2.33. The van der Waals surface area contributed by atoms with Crippen LogP contribution in [0.25, 0.3) is 0 Å². The number of hydrogen-bond acceptors (Lipinski definition) is 4. The standard InChI is InChI=1S/C14H16N2O5/c1-8-3-2-4-9(7-8)12(17)16-6-5-15-10(13(18)19)11(16)14(20)21/h2-4,7,10-11,15H,5-6H2,1H3,(H,18,19)(H,20,21). The number of carbonyl (C=O) groups is 3. The van der Waals surface area contributed by atoms with Gasteiger partial charge in [-0.05, 0) is 19.1 Å². The first-order valence-electron chi connectivity index (χ1n) is 6.48.